The van der Waals surface area contributed by atoms with Crippen molar-refractivity contribution in [1.29, 1.82) is 0 Å². The minimum Gasteiger partial charge on any atom is -0.389 e. The molecule has 1 atom stereocenters. The van der Waals surface area contributed by atoms with Gasteiger partial charge in [0.05, 0.1) is 11.3 Å². The molecule has 1 saturated heterocycles. The van der Waals surface area contributed by atoms with E-state index in [-0.39, 0.29) is 11.4 Å². The van der Waals surface area contributed by atoms with Crippen molar-refractivity contribution in [3.8, 4) is 11.1 Å². The molecule has 1 aliphatic heterocycles. The maximum absolute atomic E-state index is 12.8. The van der Waals surface area contributed by atoms with E-state index in [0.29, 0.717) is 19.5 Å². The molecule has 0 spiro atoms. The van der Waals surface area contributed by atoms with E-state index >= 15 is 0 Å². The molecule has 3 rings (SSSR count). The van der Waals surface area contributed by atoms with Crippen LogP contribution in [0.25, 0.3) is 11.1 Å². The number of hydrogen-bond donors (Lipinski definition) is 2. The van der Waals surface area contributed by atoms with Gasteiger partial charge in [-0.1, -0.05) is 62.4 Å². The summed E-state index contributed by atoms with van der Waals surface area (Å²) in [5.74, 6) is 0. The standard InChI is InChI=1S/C21H26N2O2/c1-20(2)15-23(14-13-21(20,3)25)19(24)22-18-12-8-7-11-17(18)16-9-5-4-6-10-16/h4-12,25H,13-15H2,1-3H3,(H,22,24)/t21-/m0/s1. The van der Waals surface area contributed by atoms with E-state index < -0.39 is 5.60 Å². The van der Waals surface area contributed by atoms with Gasteiger partial charge in [-0.3, -0.25) is 0 Å². The van der Waals surface area contributed by atoms with Crippen molar-refractivity contribution in [2.75, 3.05) is 18.4 Å². The number of hydrogen-bond acceptors (Lipinski definition) is 2. The number of para-hydroxylation sites is 1. The lowest BCUT2D eigenvalue weighted by Gasteiger charge is -2.48. The van der Waals surface area contributed by atoms with Crippen molar-refractivity contribution in [2.24, 2.45) is 5.41 Å². The molecule has 25 heavy (non-hydrogen) atoms. The molecule has 0 bridgehead atoms. The lowest BCUT2D eigenvalue weighted by molar-refractivity contribution is -0.0946. The minimum absolute atomic E-state index is 0.119. The van der Waals surface area contributed by atoms with Gasteiger partial charge in [0.2, 0.25) is 0 Å². The number of amides is 2. The van der Waals surface area contributed by atoms with Crippen molar-refractivity contribution in [2.45, 2.75) is 32.8 Å². The summed E-state index contributed by atoms with van der Waals surface area (Å²) >= 11 is 0. The maximum atomic E-state index is 12.8. The van der Waals surface area contributed by atoms with Gasteiger partial charge in [-0.25, -0.2) is 4.79 Å². The number of likely N-dealkylation sites (tertiary alicyclic amines) is 1. The van der Waals surface area contributed by atoms with Crippen LogP contribution in [0.4, 0.5) is 10.5 Å². The number of anilines is 1. The first-order valence-corrected chi connectivity index (χ1v) is 8.73. The highest BCUT2D eigenvalue weighted by Gasteiger charge is 2.45. The second-order valence-corrected chi connectivity index (χ2v) is 7.67. The quantitative estimate of drug-likeness (QED) is 0.854. The van der Waals surface area contributed by atoms with Gasteiger partial charge < -0.3 is 15.3 Å². The van der Waals surface area contributed by atoms with Crippen molar-refractivity contribution >= 4 is 11.7 Å². The molecular formula is C21H26N2O2. The third kappa shape index (κ3) is 3.54. The van der Waals surface area contributed by atoms with Crippen molar-refractivity contribution in [3.05, 3.63) is 54.6 Å². The molecule has 0 radical (unpaired) electrons. The number of carbonyl (C=O) groups is 1. The normalized spacial score (nSPS) is 22.5. The predicted octanol–water partition coefficient (Wildman–Crippen LogP) is 4.37. The Kier molecular flexibility index (Phi) is 4.56. The molecule has 2 N–H and O–H groups in total. The first-order valence-electron chi connectivity index (χ1n) is 8.73. The highest BCUT2D eigenvalue weighted by atomic mass is 16.3. The number of nitrogens with zero attached hydrogens (tertiary/aromatic N) is 1. The van der Waals surface area contributed by atoms with Crippen LogP contribution in [-0.2, 0) is 0 Å². The SMILES string of the molecule is CC1(C)CN(C(=O)Nc2ccccc2-c2ccccc2)CC[C@]1(C)O. The summed E-state index contributed by atoms with van der Waals surface area (Å²) in [5.41, 5.74) is 1.77. The Bertz CT molecular complexity index is 754. The van der Waals surface area contributed by atoms with E-state index in [9.17, 15) is 9.90 Å². The smallest absolute Gasteiger partial charge is 0.321 e. The maximum Gasteiger partial charge on any atom is 0.321 e. The molecular weight excluding hydrogens is 312 g/mol. The van der Waals surface area contributed by atoms with Gasteiger partial charge >= 0.3 is 6.03 Å². The van der Waals surface area contributed by atoms with Gasteiger partial charge in [0.25, 0.3) is 0 Å². The summed E-state index contributed by atoms with van der Waals surface area (Å²) in [6, 6.07) is 17.7. The number of piperidine rings is 1. The number of aliphatic hydroxyl groups is 1. The average Bonchev–Trinajstić information content (AvgIpc) is 2.58. The van der Waals surface area contributed by atoms with E-state index in [1.807, 2.05) is 75.4 Å². The number of urea groups is 1. The molecule has 0 saturated carbocycles. The topological polar surface area (TPSA) is 52.6 Å². The van der Waals surface area contributed by atoms with Crippen LogP contribution in [0.3, 0.4) is 0 Å². The summed E-state index contributed by atoms with van der Waals surface area (Å²) in [4.78, 5) is 14.6. The summed E-state index contributed by atoms with van der Waals surface area (Å²) in [6.07, 6.45) is 0.577. The van der Waals surface area contributed by atoms with Crippen LogP contribution in [0.2, 0.25) is 0 Å². The van der Waals surface area contributed by atoms with Crippen molar-refractivity contribution in [3.63, 3.8) is 0 Å². The summed E-state index contributed by atoms with van der Waals surface area (Å²) in [6.45, 7) is 6.94. The van der Waals surface area contributed by atoms with Crippen LogP contribution < -0.4 is 5.32 Å². The van der Waals surface area contributed by atoms with Gasteiger partial charge in [-0.2, -0.15) is 0 Å². The molecule has 4 nitrogen and oxygen atoms in total. The van der Waals surface area contributed by atoms with Crippen LogP contribution in [0, 0.1) is 5.41 Å². The molecule has 0 aliphatic carbocycles. The highest BCUT2D eigenvalue weighted by molar-refractivity contribution is 5.94. The van der Waals surface area contributed by atoms with Gasteiger partial charge in [0.1, 0.15) is 0 Å². The molecule has 1 heterocycles. The molecule has 132 valence electrons. The Hall–Kier alpha value is -2.33. The van der Waals surface area contributed by atoms with E-state index in [0.717, 1.165) is 16.8 Å². The molecule has 2 amide bonds. The fraction of sp³-hybridized carbons (Fsp3) is 0.381. The summed E-state index contributed by atoms with van der Waals surface area (Å²) < 4.78 is 0. The van der Waals surface area contributed by atoms with E-state index in [1.54, 1.807) is 4.90 Å². The van der Waals surface area contributed by atoms with Crippen molar-refractivity contribution in [1.82, 2.24) is 4.90 Å². The number of benzene rings is 2. The van der Waals surface area contributed by atoms with Gasteiger partial charge in [0.15, 0.2) is 0 Å². The third-order valence-corrected chi connectivity index (χ3v) is 5.45. The minimum atomic E-state index is -0.758. The van der Waals surface area contributed by atoms with Gasteiger partial charge in [-0.05, 0) is 25.0 Å². The van der Waals surface area contributed by atoms with Crippen LogP contribution in [-0.4, -0.2) is 34.7 Å². The summed E-state index contributed by atoms with van der Waals surface area (Å²) in [7, 11) is 0. The molecule has 4 heteroatoms. The second kappa shape index (κ2) is 6.52. The Morgan fingerprint density at radius 3 is 2.36 bits per heavy atom. The van der Waals surface area contributed by atoms with E-state index in [2.05, 4.69) is 5.32 Å². The Labute approximate surface area is 149 Å². The molecule has 2 aromatic carbocycles. The molecule has 0 aromatic heterocycles. The molecule has 1 aliphatic rings. The molecule has 2 aromatic rings. The van der Waals surface area contributed by atoms with Gasteiger partial charge in [-0.15, -0.1) is 0 Å². The van der Waals surface area contributed by atoms with Crippen LogP contribution in [0.15, 0.2) is 54.6 Å². The highest BCUT2D eigenvalue weighted by Crippen LogP contribution is 2.38. The Balaban J connectivity index is 1.79. The van der Waals surface area contributed by atoms with E-state index in [1.165, 1.54) is 0 Å². The monoisotopic (exact) mass is 338 g/mol. The second-order valence-electron chi connectivity index (χ2n) is 7.67. The van der Waals surface area contributed by atoms with Crippen molar-refractivity contribution < 1.29 is 9.90 Å². The lowest BCUT2D eigenvalue weighted by atomic mass is 9.71. The zero-order chi connectivity index (χ0) is 18.1. The first kappa shape index (κ1) is 17.5. The lowest BCUT2D eigenvalue weighted by Crippen LogP contribution is -2.57. The average molecular weight is 338 g/mol. The van der Waals surface area contributed by atoms with E-state index in [4.69, 9.17) is 0 Å². The van der Waals surface area contributed by atoms with Crippen LogP contribution in [0.5, 0.6) is 0 Å². The number of nitrogens with one attached hydrogen (secondary N) is 1. The zero-order valence-electron chi connectivity index (χ0n) is 15.1. The fourth-order valence-corrected chi connectivity index (χ4v) is 3.25. The van der Waals surface area contributed by atoms with Crippen LogP contribution >= 0.6 is 0 Å². The number of carbonyl (C=O) groups excluding carboxylic acids is 1. The number of rotatable bonds is 2. The molecule has 1 fully saturated rings. The van der Waals surface area contributed by atoms with Crippen LogP contribution in [0.1, 0.15) is 27.2 Å². The first-order chi connectivity index (χ1) is 11.8. The molecule has 0 unspecified atom stereocenters. The summed E-state index contributed by atoms with van der Waals surface area (Å²) in [5, 5.41) is 13.6. The van der Waals surface area contributed by atoms with Gasteiger partial charge in [0, 0.05) is 24.1 Å². The largest absolute Gasteiger partial charge is 0.389 e. The predicted molar refractivity (Wildman–Crippen MR) is 101 cm³/mol. The third-order valence-electron chi connectivity index (χ3n) is 5.45. The zero-order valence-corrected chi connectivity index (χ0v) is 15.1. The fourth-order valence-electron chi connectivity index (χ4n) is 3.25. The Morgan fingerprint density at radius 1 is 1.04 bits per heavy atom. The Morgan fingerprint density at radius 2 is 1.68 bits per heavy atom.